The number of halogens is 1. The molecule has 1 aromatic carbocycles. The van der Waals surface area contributed by atoms with Gasteiger partial charge in [0.25, 0.3) is 0 Å². The van der Waals surface area contributed by atoms with Gasteiger partial charge in [0.2, 0.25) is 5.91 Å². The molecule has 17 heavy (non-hydrogen) atoms. The fraction of sp³-hybridized carbons (Fsp3) is 0.417. The third-order valence-electron chi connectivity index (χ3n) is 2.78. The van der Waals surface area contributed by atoms with Crippen molar-refractivity contribution < 1.29 is 4.79 Å². The van der Waals surface area contributed by atoms with Gasteiger partial charge >= 0.3 is 0 Å². The first-order valence-corrected chi connectivity index (χ1v) is 7.40. The van der Waals surface area contributed by atoms with Gasteiger partial charge in [0.15, 0.2) is 0 Å². The molecule has 1 saturated heterocycles. The number of benzene rings is 1. The number of anilines is 1. The standard InChI is InChI=1S/C12H15BrN2OS/c13-9-3-4-11(10(14)7-9)17-8-12(16)15-5-1-2-6-15/h3-4,7H,1-2,5-6,8,14H2. The minimum absolute atomic E-state index is 0.217. The predicted molar refractivity (Wildman–Crippen MR) is 75.1 cm³/mol. The van der Waals surface area contributed by atoms with Crippen molar-refractivity contribution in [3.05, 3.63) is 22.7 Å². The van der Waals surface area contributed by atoms with Gasteiger partial charge in [0.05, 0.1) is 5.75 Å². The van der Waals surface area contributed by atoms with Crippen LogP contribution < -0.4 is 5.73 Å². The molecule has 0 atom stereocenters. The minimum atomic E-state index is 0.217. The topological polar surface area (TPSA) is 46.3 Å². The van der Waals surface area contributed by atoms with Crippen LogP contribution >= 0.6 is 27.7 Å². The third kappa shape index (κ3) is 3.39. The van der Waals surface area contributed by atoms with E-state index in [-0.39, 0.29) is 5.91 Å². The van der Waals surface area contributed by atoms with Crippen molar-refractivity contribution in [1.82, 2.24) is 4.90 Å². The summed E-state index contributed by atoms with van der Waals surface area (Å²) in [7, 11) is 0. The minimum Gasteiger partial charge on any atom is -0.398 e. The van der Waals surface area contributed by atoms with E-state index in [1.165, 1.54) is 11.8 Å². The van der Waals surface area contributed by atoms with Gasteiger partial charge in [0, 0.05) is 28.1 Å². The Labute approximate surface area is 114 Å². The number of amides is 1. The number of rotatable bonds is 3. The molecule has 0 spiro atoms. The Morgan fingerprint density at radius 1 is 1.41 bits per heavy atom. The lowest BCUT2D eigenvalue weighted by atomic mass is 10.3. The van der Waals surface area contributed by atoms with Gasteiger partial charge in [0.1, 0.15) is 0 Å². The summed E-state index contributed by atoms with van der Waals surface area (Å²) in [5, 5.41) is 0. The lowest BCUT2D eigenvalue weighted by molar-refractivity contribution is -0.127. The number of nitrogens with zero attached hydrogens (tertiary/aromatic N) is 1. The van der Waals surface area contributed by atoms with Gasteiger partial charge in [-0.2, -0.15) is 0 Å². The summed E-state index contributed by atoms with van der Waals surface area (Å²) >= 11 is 4.88. The molecule has 1 aromatic rings. The predicted octanol–water partition coefficient (Wildman–Crippen LogP) is 2.75. The van der Waals surface area contributed by atoms with Crippen molar-refractivity contribution in [2.24, 2.45) is 0 Å². The second-order valence-corrected chi connectivity index (χ2v) is 5.99. The largest absolute Gasteiger partial charge is 0.398 e. The molecule has 0 unspecified atom stereocenters. The molecule has 1 amide bonds. The Hall–Kier alpha value is -0.680. The molecule has 0 saturated carbocycles. The maximum atomic E-state index is 11.9. The summed E-state index contributed by atoms with van der Waals surface area (Å²) in [6.45, 7) is 1.82. The number of thioether (sulfide) groups is 1. The SMILES string of the molecule is Nc1cc(Br)ccc1SCC(=O)N1CCCC1. The molecule has 0 aromatic heterocycles. The summed E-state index contributed by atoms with van der Waals surface area (Å²) in [6.07, 6.45) is 2.27. The highest BCUT2D eigenvalue weighted by Gasteiger charge is 2.17. The molecular weight excluding hydrogens is 300 g/mol. The molecule has 3 nitrogen and oxygen atoms in total. The van der Waals surface area contributed by atoms with Crippen LogP contribution in [-0.4, -0.2) is 29.6 Å². The van der Waals surface area contributed by atoms with E-state index in [0.29, 0.717) is 5.75 Å². The van der Waals surface area contributed by atoms with E-state index in [0.717, 1.165) is 41.0 Å². The second kappa shape index (κ2) is 5.78. The van der Waals surface area contributed by atoms with Gasteiger partial charge in [-0.3, -0.25) is 4.79 Å². The van der Waals surface area contributed by atoms with Crippen LogP contribution in [0.25, 0.3) is 0 Å². The van der Waals surface area contributed by atoms with Gasteiger partial charge < -0.3 is 10.6 Å². The first kappa shape index (κ1) is 12.8. The van der Waals surface area contributed by atoms with Gasteiger partial charge in [-0.1, -0.05) is 15.9 Å². The lowest BCUT2D eigenvalue weighted by Crippen LogP contribution is -2.29. The van der Waals surface area contributed by atoms with Crippen molar-refractivity contribution >= 4 is 39.3 Å². The summed E-state index contributed by atoms with van der Waals surface area (Å²) in [6, 6.07) is 5.75. The third-order valence-corrected chi connectivity index (χ3v) is 4.35. The van der Waals surface area contributed by atoms with Crippen LogP contribution in [0.3, 0.4) is 0 Å². The van der Waals surface area contributed by atoms with Crippen molar-refractivity contribution in [1.29, 1.82) is 0 Å². The number of nitrogen functional groups attached to an aromatic ring is 1. The van der Waals surface area contributed by atoms with Crippen LogP contribution in [0.2, 0.25) is 0 Å². The van der Waals surface area contributed by atoms with Crippen molar-refractivity contribution in [3.63, 3.8) is 0 Å². The van der Waals surface area contributed by atoms with Crippen LogP contribution in [0.4, 0.5) is 5.69 Å². The van der Waals surface area contributed by atoms with E-state index < -0.39 is 0 Å². The zero-order valence-corrected chi connectivity index (χ0v) is 11.9. The highest BCUT2D eigenvalue weighted by molar-refractivity contribution is 9.10. The smallest absolute Gasteiger partial charge is 0.232 e. The van der Waals surface area contributed by atoms with Crippen molar-refractivity contribution in [2.75, 3.05) is 24.6 Å². The monoisotopic (exact) mass is 314 g/mol. The van der Waals surface area contributed by atoms with E-state index in [1.54, 1.807) is 0 Å². The summed E-state index contributed by atoms with van der Waals surface area (Å²) < 4.78 is 0.963. The van der Waals surface area contributed by atoms with E-state index in [2.05, 4.69) is 15.9 Å². The van der Waals surface area contributed by atoms with Crippen LogP contribution in [0.15, 0.2) is 27.6 Å². The fourth-order valence-corrected chi connectivity index (χ4v) is 3.08. The zero-order chi connectivity index (χ0) is 12.3. The molecule has 92 valence electrons. The Balaban J connectivity index is 1.90. The number of likely N-dealkylation sites (tertiary alicyclic amines) is 1. The average molecular weight is 315 g/mol. The van der Waals surface area contributed by atoms with E-state index in [4.69, 9.17) is 5.73 Å². The molecule has 1 aliphatic rings. The maximum absolute atomic E-state index is 11.9. The van der Waals surface area contributed by atoms with Crippen LogP contribution in [-0.2, 0) is 4.79 Å². The molecule has 0 bridgehead atoms. The second-order valence-electron chi connectivity index (χ2n) is 4.06. The highest BCUT2D eigenvalue weighted by atomic mass is 79.9. The van der Waals surface area contributed by atoms with Crippen molar-refractivity contribution in [2.45, 2.75) is 17.7 Å². The Bertz CT molecular complexity index is 419. The number of hydrogen-bond acceptors (Lipinski definition) is 3. The number of carbonyl (C=O) groups excluding carboxylic acids is 1. The molecule has 1 aliphatic heterocycles. The number of hydrogen-bond donors (Lipinski definition) is 1. The maximum Gasteiger partial charge on any atom is 0.232 e. The van der Waals surface area contributed by atoms with E-state index >= 15 is 0 Å². The molecule has 2 rings (SSSR count). The first-order valence-electron chi connectivity index (χ1n) is 5.62. The van der Waals surface area contributed by atoms with E-state index in [1.807, 2.05) is 23.1 Å². The van der Waals surface area contributed by atoms with Gasteiger partial charge in [-0.05, 0) is 31.0 Å². The molecule has 2 N–H and O–H groups in total. The number of nitrogens with two attached hydrogens (primary N) is 1. The Morgan fingerprint density at radius 2 is 2.12 bits per heavy atom. The van der Waals surface area contributed by atoms with Gasteiger partial charge in [-0.15, -0.1) is 11.8 Å². The molecule has 5 heteroatoms. The van der Waals surface area contributed by atoms with Crippen LogP contribution in [0, 0.1) is 0 Å². The normalized spacial score (nSPS) is 15.2. The lowest BCUT2D eigenvalue weighted by Gasteiger charge is -2.15. The fourth-order valence-electron chi connectivity index (χ4n) is 1.85. The Kier molecular flexibility index (Phi) is 4.34. The zero-order valence-electron chi connectivity index (χ0n) is 9.49. The molecule has 1 fully saturated rings. The van der Waals surface area contributed by atoms with Crippen LogP contribution in [0.1, 0.15) is 12.8 Å². The molecule has 1 heterocycles. The Morgan fingerprint density at radius 3 is 2.76 bits per heavy atom. The summed E-state index contributed by atoms with van der Waals surface area (Å²) in [4.78, 5) is 14.8. The summed E-state index contributed by atoms with van der Waals surface area (Å²) in [5.41, 5.74) is 6.61. The quantitative estimate of drug-likeness (QED) is 0.689. The van der Waals surface area contributed by atoms with Gasteiger partial charge in [-0.25, -0.2) is 0 Å². The average Bonchev–Trinajstić information content (AvgIpc) is 2.81. The molecule has 0 aliphatic carbocycles. The van der Waals surface area contributed by atoms with E-state index in [9.17, 15) is 4.79 Å². The first-order chi connectivity index (χ1) is 8.16. The molecule has 0 radical (unpaired) electrons. The van der Waals surface area contributed by atoms with Crippen molar-refractivity contribution in [3.8, 4) is 0 Å². The highest BCUT2D eigenvalue weighted by Crippen LogP contribution is 2.28. The summed E-state index contributed by atoms with van der Waals surface area (Å²) in [5.74, 6) is 0.695. The molecular formula is C12H15BrN2OS. The van der Waals surface area contributed by atoms with Crippen LogP contribution in [0.5, 0.6) is 0 Å². The number of carbonyl (C=O) groups is 1.